The first-order valence-electron chi connectivity index (χ1n) is 11.3. The fourth-order valence-corrected chi connectivity index (χ4v) is 4.11. The van der Waals surface area contributed by atoms with Gasteiger partial charge in [0.2, 0.25) is 12.7 Å². The fourth-order valence-electron chi connectivity index (χ4n) is 4.11. The standard InChI is InChI=1S/C25H26FN3O5/c26-20-6-2-1-4-18(20)13-29(12-17-7-8-22-23(10-17)34-16-33-22)14-24-28-21(15-32-24)25(30)27-11-19-5-3-9-31-19/h1-2,4,6-8,10,15,19H,3,5,9,11-14,16H2,(H,27,30)/t19-/m0/s1. The van der Waals surface area contributed by atoms with Crippen molar-refractivity contribution >= 4 is 5.91 Å². The number of ether oxygens (including phenoxy) is 3. The summed E-state index contributed by atoms with van der Waals surface area (Å²) in [5, 5.41) is 2.84. The number of amides is 1. The number of hydrogen-bond donors (Lipinski definition) is 1. The van der Waals surface area contributed by atoms with Crippen LogP contribution in [0.5, 0.6) is 11.5 Å². The number of fused-ring (bicyclic) bond motifs is 1. The molecule has 1 amide bonds. The largest absolute Gasteiger partial charge is 0.454 e. The number of carbonyl (C=O) groups is 1. The Labute approximate surface area is 196 Å². The molecule has 9 heteroatoms. The molecule has 1 N–H and O–H groups in total. The molecule has 2 aromatic carbocycles. The highest BCUT2D eigenvalue weighted by Gasteiger charge is 2.20. The summed E-state index contributed by atoms with van der Waals surface area (Å²) in [6.45, 7) is 2.51. The molecule has 178 valence electrons. The molecule has 0 saturated carbocycles. The summed E-state index contributed by atoms with van der Waals surface area (Å²) in [7, 11) is 0. The van der Waals surface area contributed by atoms with E-state index in [-0.39, 0.29) is 30.3 Å². The van der Waals surface area contributed by atoms with Crippen molar-refractivity contribution in [2.75, 3.05) is 19.9 Å². The van der Waals surface area contributed by atoms with Crippen LogP contribution in [0.25, 0.3) is 0 Å². The highest BCUT2D eigenvalue weighted by molar-refractivity contribution is 5.91. The van der Waals surface area contributed by atoms with Crippen LogP contribution in [0.1, 0.15) is 40.3 Å². The van der Waals surface area contributed by atoms with E-state index in [1.807, 2.05) is 23.1 Å². The Balaban J connectivity index is 1.28. The molecule has 1 saturated heterocycles. The van der Waals surface area contributed by atoms with E-state index >= 15 is 0 Å². The van der Waals surface area contributed by atoms with Gasteiger partial charge in [0, 0.05) is 31.8 Å². The molecule has 3 aromatic rings. The zero-order valence-electron chi connectivity index (χ0n) is 18.7. The number of nitrogens with one attached hydrogen (secondary N) is 1. The second kappa shape index (κ2) is 10.2. The van der Waals surface area contributed by atoms with Crippen LogP contribution >= 0.6 is 0 Å². The van der Waals surface area contributed by atoms with Crippen LogP contribution in [-0.4, -0.2) is 41.8 Å². The minimum atomic E-state index is -0.304. The summed E-state index contributed by atoms with van der Waals surface area (Å²) >= 11 is 0. The first kappa shape index (κ1) is 22.4. The van der Waals surface area contributed by atoms with Gasteiger partial charge in [-0.25, -0.2) is 9.37 Å². The topological polar surface area (TPSA) is 86.1 Å². The lowest BCUT2D eigenvalue weighted by molar-refractivity contribution is 0.0853. The maximum absolute atomic E-state index is 14.4. The lowest BCUT2D eigenvalue weighted by atomic mass is 10.1. The molecule has 0 bridgehead atoms. The highest BCUT2D eigenvalue weighted by Crippen LogP contribution is 2.33. The van der Waals surface area contributed by atoms with Gasteiger partial charge in [0.25, 0.3) is 5.91 Å². The van der Waals surface area contributed by atoms with Crippen LogP contribution < -0.4 is 14.8 Å². The van der Waals surface area contributed by atoms with Gasteiger partial charge >= 0.3 is 0 Å². The zero-order chi connectivity index (χ0) is 23.3. The smallest absolute Gasteiger partial charge is 0.273 e. The fraction of sp³-hybridized carbons (Fsp3) is 0.360. The molecule has 0 spiro atoms. The van der Waals surface area contributed by atoms with Gasteiger partial charge < -0.3 is 23.9 Å². The van der Waals surface area contributed by atoms with Crippen molar-refractivity contribution in [1.29, 1.82) is 0 Å². The van der Waals surface area contributed by atoms with E-state index in [1.165, 1.54) is 12.3 Å². The minimum Gasteiger partial charge on any atom is -0.454 e. The second-order valence-corrected chi connectivity index (χ2v) is 8.40. The third-order valence-corrected chi connectivity index (χ3v) is 5.85. The molecule has 1 fully saturated rings. The SMILES string of the molecule is O=C(NC[C@@H]1CCCO1)c1coc(CN(Cc2ccc3c(c2)OCO3)Cc2ccccc2F)n1. The summed E-state index contributed by atoms with van der Waals surface area (Å²) in [6, 6.07) is 12.4. The van der Waals surface area contributed by atoms with Crippen LogP contribution in [0.2, 0.25) is 0 Å². The highest BCUT2D eigenvalue weighted by atomic mass is 19.1. The molecule has 34 heavy (non-hydrogen) atoms. The van der Waals surface area contributed by atoms with E-state index in [1.54, 1.807) is 18.2 Å². The maximum atomic E-state index is 14.4. The van der Waals surface area contributed by atoms with Crippen LogP contribution in [0.3, 0.4) is 0 Å². The van der Waals surface area contributed by atoms with Crippen molar-refractivity contribution in [2.24, 2.45) is 0 Å². The van der Waals surface area contributed by atoms with Gasteiger partial charge in [0.1, 0.15) is 12.1 Å². The normalized spacial score (nSPS) is 16.8. The molecule has 2 aliphatic heterocycles. The Bertz CT molecular complexity index is 1150. The van der Waals surface area contributed by atoms with Crippen molar-refractivity contribution in [3.05, 3.63) is 77.3 Å². The summed E-state index contributed by atoms with van der Waals surface area (Å²) in [6.07, 6.45) is 3.35. The third kappa shape index (κ3) is 5.37. The molecule has 8 nitrogen and oxygen atoms in total. The predicted octanol–water partition coefficient (Wildman–Crippen LogP) is 3.65. The summed E-state index contributed by atoms with van der Waals surface area (Å²) < 4.78 is 36.4. The van der Waals surface area contributed by atoms with Gasteiger partial charge in [-0.2, -0.15) is 0 Å². The zero-order valence-corrected chi connectivity index (χ0v) is 18.7. The number of aromatic nitrogens is 1. The number of hydrogen-bond acceptors (Lipinski definition) is 7. The van der Waals surface area contributed by atoms with E-state index < -0.39 is 0 Å². The van der Waals surface area contributed by atoms with Crippen molar-refractivity contribution in [2.45, 2.75) is 38.6 Å². The summed E-state index contributed by atoms with van der Waals surface area (Å²) in [5.74, 6) is 1.18. The lowest BCUT2D eigenvalue weighted by Gasteiger charge is -2.21. The number of rotatable bonds is 9. The molecule has 1 atom stereocenters. The van der Waals surface area contributed by atoms with Crippen LogP contribution in [0, 0.1) is 5.82 Å². The molecule has 3 heterocycles. The van der Waals surface area contributed by atoms with Crippen LogP contribution in [0.15, 0.2) is 53.1 Å². The van der Waals surface area contributed by atoms with Gasteiger partial charge in [-0.05, 0) is 36.6 Å². The Hall–Kier alpha value is -3.43. The number of benzene rings is 2. The Morgan fingerprint density at radius 3 is 2.85 bits per heavy atom. The maximum Gasteiger partial charge on any atom is 0.273 e. The Morgan fingerprint density at radius 1 is 1.12 bits per heavy atom. The van der Waals surface area contributed by atoms with E-state index in [4.69, 9.17) is 18.6 Å². The molecular weight excluding hydrogens is 441 g/mol. The molecule has 0 unspecified atom stereocenters. The molecular formula is C25H26FN3O5. The summed E-state index contributed by atoms with van der Waals surface area (Å²) in [4.78, 5) is 18.8. The minimum absolute atomic E-state index is 0.0493. The molecule has 0 radical (unpaired) electrons. The Morgan fingerprint density at radius 2 is 2.00 bits per heavy atom. The number of halogens is 1. The van der Waals surface area contributed by atoms with Crippen molar-refractivity contribution in [3.63, 3.8) is 0 Å². The molecule has 5 rings (SSSR count). The van der Waals surface area contributed by atoms with E-state index in [9.17, 15) is 9.18 Å². The predicted molar refractivity (Wildman–Crippen MR) is 120 cm³/mol. The number of carbonyl (C=O) groups excluding carboxylic acids is 1. The van der Waals surface area contributed by atoms with E-state index in [0.29, 0.717) is 49.1 Å². The molecule has 1 aromatic heterocycles. The van der Waals surface area contributed by atoms with E-state index in [2.05, 4.69) is 10.3 Å². The van der Waals surface area contributed by atoms with E-state index in [0.717, 1.165) is 25.0 Å². The first-order valence-corrected chi connectivity index (χ1v) is 11.3. The average molecular weight is 467 g/mol. The lowest BCUT2D eigenvalue weighted by Crippen LogP contribution is -2.32. The van der Waals surface area contributed by atoms with Gasteiger partial charge in [-0.1, -0.05) is 24.3 Å². The molecule has 2 aliphatic rings. The third-order valence-electron chi connectivity index (χ3n) is 5.85. The van der Waals surface area contributed by atoms with Crippen LogP contribution in [0.4, 0.5) is 4.39 Å². The molecule has 0 aliphatic carbocycles. The van der Waals surface area contributed by atoms with Gasteiger partial charge in [0.05, 0.1) is 12.6 Å². The van der Waals surface area contributed by atoms with Gasteiger partial charge in [-0.15, -0.1) is 0 Å². The van der Waals surface area contributed by atoms with Crippen molar-refractivity contribution in [1.82, 2.24) is 15.2 Å². The van der Waals surface area contributed by atoms with Crippen LogP contribution in [-0.2, 0) is 24.4 Å². The second-order valence-electron chi connectivity index (χ2n) is 8.40. The van der Waals surface area contributed by atoms with Crippen molar-refractivity contribution in [3.8, 4) is 11.5 Å². The van der Waals surface area contributed by atoms with Gasteiger partial charge in [-0.3, -0.25) is 9.69 Å². The quantitative estimate of drug-likeness (QED) is 0.514. The average Bonchev–Trinajstić information content (AvgIpc) is 3.61. The van der Waals surface area contributed by atoms with Crippen molar-refractivity contribution < 1.29 is 27.8 Å². The Kier molecular flexibility index (Phi) is 6.73. The van der Waals surface area contributed by atoms with Gasteiger partial charge in [0.15, 0.2) is 17.2 Å². The monoisotopic (exact) mass is 467 g/mol. The first-order chi connectivity index (χ1) is 16.6. The number of oxazole rings is 1. The number of nitrogens with zero attached hydrogens (tertiary/aromatic N) is 2. The summed E-state index contributed by atoms with van der Waals surface area (Å²) in [5.41, 5.74) is 1.74.